The maximum Gasteiger partial charge on any atom is 0.132 e. The minimum absolute atomic E-state index is 0.331. The quantitative estimate of drug-likeness (QED) is 0.661. The molecule has 0 saturated heterocycles. The Hall–Kier alpha value is -1.43. The molecule has 3 nitrogen and oxygen atoms in total. The molecule has 1 unspecified atom stereocenters. The van der Waals surface area contributed by atoms with E-state index in [0.717, 1.165) is 10.4 Å². The third kappa shape index (κ3) is 2.38. The normalized spacial score (nSPS) is 12.4. The zero-order chi connectivity index (χ0) is 13.1. The Morgan fingerprint density at radius 2 is 2.11 bits per heavy atom. The summed E-state index contributed by atoms with van der Waals surface area (Å²) in [5.41, 5.74) is 4.17. The maximum absolute atomic E-state index is 14.0. The lowest BCUT2D eigenvalue weighted by molar-refractivity contribution is 0.410. The van der Waals surface area contributed by atoms with Crippen molar-refractivity contribution in [3.05, 3.63) is 51.5 Å². The van der Waals surface area contributed by atoms with Crippen LogP contribution < -0.4 is 16.0 Å². The Labute approximate surface area is 109 Å². The van der Waals surface area contributed by atoms with Crippen LogP contribution in [0.15, 0.2) is 29.6 Å². The standard InChI is InChI=1S/C13H15FN2OS/c1-8-10(5-6-18-8)13(16-15)11-4-3-9(17-2)7-12(11)14/h3-7,13,16H,15H2,1-2H3. The lowest BCUT2D eigenvalue weighted by atomic mass is 9.99. The summed E-state index contributed by atoms with van der Waals surface area (Å²) in [4.78, 5) is 1.12. The third-order valence-corrected chi connectivity index (χ3v) is 3.76. The molecule has 1 aromatic carbocycles. The summed E-state index contributed by atoms with van der Waals surface area (Å²) in [6.45, 7) is 1.99. The van der Waals surface area contributed by atoms with E-state index in [1.165, 1.54) is 13.2 Å². The number of ether oxygens (including phenoxy) is 1. The summed E-state index contributed by atoms with van der Waals surface area (Å²) in [6.07, 6.45) is 0. The molecule has 0 spiro atoms. The Balaban J connectivity index is 2.42. The van der Waals surface area contributed by atoms with Crippen LogP contribution in [0.25, 0.3) is 0 Å². The van der Waals surface area contributed by atoms with E-state index in [2.05, 4.69) is 5.43 Å². The molecule has 1 atom stereocenters. The molecule has 0 saturated carbocycles. The number of benzene rings is 1. The van der Waals surface area contributed by atoms with Crippen LogP contribution in [0.2, 0.25) is 0 Å². The molecule has 0 aliphatic carbocycles. The molecule has 1 heterocycles. The number of halogens is 1. The summed E-state index contributed by atoms with van der Waals surface area (Å²) < 4.78 is 19.0. The van der Waals surface area contributed by atoms with Crippen molar-refractivity contribution in [1.29, 1.82) is 0 Å². The molecule has 2 rings (SSSR count). The fourth-order valence-electron chi connectivity index (χ4n) is 1.91. The lowest BCUT2D eigenvalue weighted by Gasteiger charge is -2.17. The number of methoxy groups -OCH3 is 1. The molecule has 0 radical (unpaired) electrons. The van der Waals surface area contributed by atoms with Crippen LogP contribution in [-0.2, 0) is 0 Å². The van der Waals surface area contributed by atoms with Gasteiger partial charge >= 0.3 is 0 Å². The van der Waals surface area contributed by atoms with E-state index in [1.807, 2.05) is 18.4 Å². The van der Waals surface area contributed by atoms with Crippen molar-refractivity contribution in [3.8, 4) is 5.75 Å². The summed E-state index contributed by atoms with van der Waals surface area (Å²) in [7, 11) is 1.51. The number of thiophene rings is 1. The molecule has 0 aliphatic rings. The van der Waals surface area contributed by atoms with Gasteiger partial charge in [0.2, 0.25) is 0 Å². The fourth-order valence-corrected chi connectivity index (χ4v) is 2.65. The first-order valence-corrected chi connectivity index (χ1v) is 6.39. The molecule has 5 heteroatoms. The molecule has 3 N–H and O–H groups in total. The largest absolute Gasteiger partial charge is 0.497 e. The first-order chi connectivity index (χ1) is 8.67. The highest BCUT2D eigenvalue weighted by Gasteiger charge is 2.19. The van der Waals surface area contributed by atoms with E-state index in [9.17, 15) is 4.39 Å². The average Bonchev–Trinajstić information content (AvgIpc) is 2.78. The Morgan fingerprint density at radius 1 is 1.33 bits per heavy atom. The van der Waals surface area contributed by atoms with Gasteiger partial charge in [-0.05, 0) is 30.0 Å². The van der Waals surface area contributed by atoms with E-state index in [-0.39, 0.29) is 11.9 Å². The van der Waals surface area contributed by atoms with Crippen LogP contribution in [0.4, 0.5) is 4.39 Å². The van der Waals surface area contributed by atoms with Crippen molar-refractivity contribution < 1.29 is 9.13 Å². The first kappa shape index (κ1) is 13.0. The van der Waals surface area contributed by atoms with Crippen molar-refractivity contribution in [3.63, 3.8) is 0 Å². The van der Waals surface area contributed by atoms with Gasteiger partial charge in [0.15, 0.2) is 0 Å². The summed E-state index contributed by atoms with van der Waals surface area (Å²) >= 11 is 1.61. The minimum Gasteiger partial charge on any atom is -0.497 e. The fraction of sp³-hybridized carbons (Fsp3) is 0.231. The zero-order valence-corrected chi connectivity index (χ0v) is 11.1. The number of hydrogen-bond donors (Lipinski definition) is 2. The molecule has 0 amide bonds. The third-order valence-electron chi connectivity index (χ3n) is 2.90. The maximum atomic E-state index is 14.0. The second kappa shape index (κ2) is 5.48. The second-order valence-electron chi connectivity index (χ2n) is 3.92. The highest BCUT2D eigenvalue weighted by atomic mass is 32.1. The number of hydrogen-bond acceptors (Lipinski definition) is 4. The van der Waals surface area contributed by atoms with Crippen molar-refractivity contribution in [2.75, 3.05) is 7.11 Å². The predicted molar refractivity (Wildman–Crippen MR) is 71.2 cm³/mol. The smallest absolute Gasteiger partial charge is 0.132 e. The Bertz CT molecular complexity index is 542. The van der Waals surface area contributed by atoms with Gasteiger partial charge in [-0.25, -0.2) is 9.82 Å². The number of aryl methyl sites for hydroxylation is 1. The van der Waals surface area contributed by atoms with E-state index in [4.69, 9.17) is 10.6 Å². The number of hydrazine groups is 1. The molecule has 18 heavy (non-hydrogen) atoms. The van der Waals surface area contributed by atoms with Gasteiger partial charge in [0.1, 0.15) is 11.6 Å². The predicted octanol–water partition coefficient (Wildman–Crippen LogP) is 2.76. The van der Waals surface area contributed by atoms with Crippen molar-refractivity contribution in [2.45, 2.75) is 13.0 Å². The molecule has 2 aromatic rings. The molecule has 1 aromatic heterocycles. The Morgan fingerprint density at radius 3 is 2.61 bits per heavy atom. The Kier molecular flexibility index (Phi) is 3.96. The van der Waals surface area contributed by atoms with Gasteiger partial charge in [-0.3, -0.25) is 5.84 Å². The number of nitrogens with one attached hydrogen (secondary N) is 1. The lowest BCUT2D eigenvalue weighted by Crippen LogP contribution is -2.29. The van der Waals surface area contributed by atoms with Gasteiger partial charge in [0.25, 0.3) is 0 Å². The average molecular weight is 266 g/mol. The van der Waals surface area contributed by atoms with Gasteiger partial charge in [-0.2, -0.15) is 0 Å². The van der Waals surface area contributed by atoms with Crippen LogP contribution in [-0.4, -0.2) is 7.11 Å². The zero-order valence-electron chi connectivity index (χ0n) is 10.2. The topological polar surface area (TPSA) is 47.3 Å². The SMILES string of the molecule is COc1ccc(C(NN)c2ccsc2C)c(F)c1. The molecule has 0 bridgehead atoms. The van der Waals surface area contributed by atoms with Gasteiger partial charge in [0.05, 0.1) is 13.2 Å². The van der Waals surface area contributed by atoms with Gasteiger partial charge in [0, 0.05) is 16.5 Å². The van der Waals surface area contributed by atoms with Crippen LogP contribution >= 0.6 is 11.3 Å². The van der Waals surface area contributed by atoms with Crippen LogP contribution in [0.1, 0.15) is 22.0 Å². The monoisotopic (exact) mass is 266 g/mol. The second-order valence-corrected chi connectivity index (χ2v) is 5.04. The molecule has 0 aliphatic heterocycles. The number of nitrogens with two attached hydrogens (primary N) is 1. The van der Waals surface area contributed by atoms with E-state index >= 15 is 0 Å². The van der Waals surface area contributed by atoms with Gasteiger partial charge in [-0.15, -0.1) is 11.3 Å². The summed E-state index contributed by atoms with van der Waals surface area (Å²) in [5.74, 6) is 5.72. The molecule has 96 valence electrons. The summed E-state index contributed by atoms with van der Waals surface area (Å²) in [6, 6.07) is 6.39. The number of rotatable bonds is 4. The van der Waals surface area contributed by atoms with Crippen molar-refractivity contribution in [1.82, 2.24) is 5.43 Å². The van der Waals surface area contributed by atoms with E-state index in [1.54, 1.807) is 23.5 Å². The van der Waals surface area contributed by atoms with Crippen molar-refractivity contribution in [2.24, 2.45) is 5.84 Å². The molecular weight excluding hydrogens is 251 g/mol. The van der Waals surface area contributed by atoms with Crippen LogP contribution in [0.3, 0.4) is 0 Å². The van der Waals surface area contributed by atoms with Gasteiger partial charge < -0.3 is 4.74 Å². The van der Waals surface area contributed by atoms with Crippen LogP contribution in [0, 0.1) is 12.7 Å². The molecular formula is C13H15FN2OS. The summed E-state index contributed by atoms with van der Waals surface area (Å²) in [5, 5.41) is 1.97. The van der Waals surface area contributed by atoms with Crippen molar-refractivity contribution >= 4 is 11.3 Å². The molecule has 0 fully saturated rings. The highest BCUT2D eigenvalue weighted by Crippen LogP contribution is 2.30. The van der Waals surface area contributed by atoms with Crippen LogP contribution in [0.5, 0.6) is 5.75 Å². The van der Waals surface area contributed by atoms with Gasteiger partial charge in [-0.1, -0.05) is 6.07 Å². The van der Waals surface area contributed by atoms with E-state index in [0.29, 0.717) is 11.3 Å². The minimum atomic E-state index is -0.345. The van der Waals surface area contributed by atoms with E-state index < -0.39 is 0 Å². The highest BCUT2D eigenvalue weighted by molar-refractivity contribution is 7.10. The first-order valence-electron chi connectivity index (χ1n) is 5.51.